The molecule has 3 aromatic rings. The maximum Gasteiger partial charge on any atom is 0.263 e. The van der Waals surface area contributed by atoms with Crippen LogP contribution in [0.25, 0.3) is 11.5 Å². The van der Waals surface area contributed by atoms with Crippen molar-refractivity contribution >= 4 is 17.2 Å². The van der Waals surface area contributed by atoms with Crippen LogP contribution in [0.2, 0.25) is 0 Å². The highest BCUT2D eigenvalue weighted by Crippen LogP contribution is 2.34. The van der Waals surface area contributed by atoms with Crippen molar-refractivity contribution in [2.75, 3.05) is 33.7 Å². The highest BCUT2D eigenvalue weighted by atomic mass is 32.1. The van der Waals surface area contributed by atoms with E-state index in [0.29, 0.717) is 24.9 Å². The lowest BCUT2D eigenvalue weighted by Gasteiger charge is -2.19. The first kappa shape index (κ1) is 17.9. The molecule has 1 aliphatic heterocycles. The van der Waals surface area contributed by atoms with E-state index in [4.69, 9.17) is 4.42 Å². The van der Waals surface area contributed by atoms with Crippen molar-refractivity contribution in [3.63, 3.8) is 0 Å². The Morgan fingerprint density at radius 1 is 1.19 bits per heavy atom. The van der Waals surface area contributed by atoms with Gasteiger partial charge in [-0.15, -0.1) is 21.5 Å². The molecule has 0 saturated carbocycles. The van der Waals surface area contributed by atoms with E-state index in [0.717, 1.165) is 17.0 Å². The average Bonchev–Trinajstić information content (AvgIpc) is 3.41. The fourth-order valence-corrected chi connectivity index (χ4v) is 4.30. The van der Waals surface area contributed by atoms with Gasteiger partial charge in [0.2, 0.25) is 11.8 Å². The third-order valence-electron chi connectivity index (χ3n) is 4.84. The summed E-state index contributed by atoms with van der Waals surface area (Å²) in [5.74, 6) is 1.52. The topological polar surface area (TPSA) is 62.5 Å². The molecule has 0 N–H and O–H groups in total. The Balaban J connectivity index is 1.58. The van der Waals surface area contributed by atoms with Crippen LogP contribution in [0, 0.1) is 5.92 Å². The lowest BCUT2D eigenvalue weighted by Crippen LogP contribution is -2.30. The molecule has 0 radical (unpaired) electrons. The predicted octanol–water partition coefficient (Wildman–Crippen LogP) is 3.22. The van der Waals surface area contributed by atoms with Crippen LogP contribution < -0.4 is 0 Å². The number of aromatic nitrogens is 2. The van der Waals surface area contributed by atoms with Crippen molar-refractivity contribution in [3.8, 4) is 11.5 Å². The summed E-state index contributed by atoms with van der Waals surface area (Å²) in [7, 11) is 4.09. The van der Waals surface area contributed by atoms with E-state index >= 15 is 0 Å². The Morgan fingerprint density at radius 3 is 2.70 bits per heavy atom. The third kappa shape index (κ3) is 3.79. The van der Waals surface area contributed by atoms with Gasteiger partial charge in [0.15, 0.2) is 0 Å². The number of rotatable bonds is 5. The van der Waals surface area contributed by atoms with Gasteiger partial charge in [-0.1, -0.05) is 24.3 Å². The van der Waals surface area contributed by atoms with Crippen molar-refractivity contribution in [3.05, 3.63) is 58.6 Å². The molecule has 0 bridgehead atoms. The maximum atomic E-state index is 12.8. The van der Waals surface area contributed by atoms with Gasteiger partial charge < -0.3 is 14.2 Å². The molecule has 6 nitrogen and oxygen atoms in total. The van der Waals surface area contributed by atoms with Gasteiger partial charge in [0.25, 0.3) is 5.91 Å². The molecule has 1 aliphatic rings. The molecular formula is C20H22N4O2S. The van der Waals surface area contributed by atoms with Crippen LogP contribution in [0.3, 0.4) is 0 Å². The van der Waals surface area contributed by atoms with Crippen LogP contribution in [0.15, 0.2) is 52.3 Å². The lowest BCUT2D eigenvalue weighted by molar-refractivity contribution is 0.0788. The van der Waals surface area contributed by atoms with E-state index in [1.165, 1.54) is 11.3 Å². The monoisotopic (exact) mass is 382 g/mol. The molecule has 7 heteroatoms. The number of carbonyl (C=O) groups is 1. The lowest BCUT2D eigenvalue weighted by atomic mass is 9.95. The molecule has 4 rings (SSSR count). The van der Waals surface area contributed by atoms with E-state index in [-0.39, 0.29) is 17.7 Å². The third-order valence-corrected chi connectivity index (χ3v) is 5.70. The molecule has 1 fully saturated rings. The fourth-order valence-electron chi connectivity index (χ4n) is 3.61. The van der Waals surface area contributed by atoms with Crippen LogP contribution in [0.5, 0.6) is 0 Å². The fraction of sp³-hybridized carbons (Fsp3) is 0.350. The van der Waals surface area contributed by atoms with Gasteiger partial charge in [0, 0.05) is 31.1 Å². The van der Waals surface area contributed by atoms with Crippen LogP contribution in [-0.2, 0) is 0 Å². The van der Waals surface area contributed by atoms with Crippen LogP contribution in [-0.4, -0.2) is 59.6 Å². The summed E-state index contributed by atoms with van der Waals surface area (Å²) >= 11 is 1.48. The number of hydrogen-bond acceptors (Lipinski definition) is 6. The minimum atomic E-state index is 0.0428. The minimum absolute atomic E-state index is 0.0428. The minimum Gasteiger partial charge on any atom is -0.420 e. The molecule has 0 unspecified atom stereocenters. The van der Waals surface area contributed by atoms with Crippen molar-refractivity contribution in [2.45, 2.75) is 5.92 Å². The zero-order chi connectivity index (χ0) is 18.8. The van der Waals surface area contributed by atoms with Gasteiger partial charge in [0.1, 0.15) is 0 Å². The Morgan fingerprint density at radius 2 is 2.00 bits per heavy atom. The zero-order valence-electron chi connectivity index (χ0n) is 15.4. The number of hydrogen-bond donors (Lipinski definition) is 0. The molecule has 1 amide bonds. The average molecular weight is 382 g/mol. The van der Waals surface area contributed by atoms with Crippen molar-refractivity contribution in [2.24, 2.45) is 5.92 Å². The van der Waals surface area contributed by atoms with Gasteiger partial charge in [-0.2, -0.15) is 0 Å². The van der Waals surface area contributed by atoms with Crippen LogP contribution in [0.4, 0.5) is 0 Å². The summed E-state index contributed by atoms with van der Waals surface area (Å²) in [6, 6.07) is 13.6. The Kier molecular flexibility index (Phi) is 5.05. The summed E-state index contributed by atoms with van der Waals surface area (Å²) in [5, 5.41) is 10.5. The molecule has 2 atom stereocenters. The molecule has 0 spiro atoms. The second-order valence-corrected chi connectivity index (χ2v) is 8.08. The first-order chi connectivity index (χ1) is 13.1. The van der Waals surface area contributed by atoms with E-state index in [1.807, 2.05) is 66.8 Å². The van der Waals surface area contributed by atoms with E-state index < -0.39 is 0 Å². The molecule has 2 aromatic heterocycles. The maximum absolute atomic E-state index is 12.8. The number of likely N-dealkylation sites (tertiary alicyclic amines) is 1. The molecule has 1 aromatic carbocycles. The molecule has 0 aliphatic carbocycles. The summed E-state index contributed by atoms with van der Waals surface area (Å²) in [6.07, 6.45) is 0. The molecule has 27 heavy (non-hydrogen) atoms. The number of benzene rings is 1. The van der Waals surface area contributed by atoms with E-state index in [9.17, 15) is 4.79 Å². The SMILES string of the molecule is CN(C)C[C@H]1CN(C(=O)c2cccs2)C[C@@H]1c1nnc(-c2ccccc2)o1. The standard InChI is InChI=1S/C20H22N4O2S/c1-23(2)11-15-12-24(20(25)17-9-6-10-27-17)13-16(15)19-22-21-18(26-19)14-7-4-3-5-8-14/h3-10,15-16H,11-13H2,1-2H3/t15-,16-/m0/s1. The second kappa shape index (κ2) is 7.62. The van der Waals surface area contributed by atoms with E-state index in [2.05, 4.69) is 15.1 Å². The smallest absolute Gasteiger partial charge is 0.263 e. The Bertz CT molecular complexity index is 892. The summed E-state index contributed by atoms with van der Waals surface area (Å²) in [4.78, 5) is 17.6. The number of amides is 1. The van der Waals surface area contributed by atoms with Crippen molar-refractivity contribution in [1.29, 1.82) is 0 Å². The molecule has 1 saturated heterocycles. The first-order valence-corrected chi connectivity index (χ1v) is 9.86. The van der Waals surface area contributed by atoms with Crippen molar-refractivity contribution in [1.82, 2.24) is 20.0 Å². The van der Waals surface area contributed by atoms with Gasteiger partial charge >= 0.3 is 0 Å². The van der Waals surface area contributed by atoms with Gasteiger partial charge in [-0.3, -0.25) is 4.79 Å². The molecular weight excluding hydrogens is 360 g/mol. The number of thiophene rings is 1. The van der Waals surface area contributed by atoms with Crippen molar-refractivity contribution < 1.29 is 9.21 Å². The molecule has 3 heterocycles. The quantitative estimate of drug-likeness (QED) is 0.678. The highest BCUT2D eigenvalue weighted by molar-refractivity contribution is 7.12. The summed E-state index contributed by atoms with van der Waals surface area (Å²) < 4.78 is 6.01. The Hall–Kier alpha value is -2.51. The van der Waals surface area contributed by atoms with Gasteiger partial charge in [-0.05, 0) is 37.7 Å². The Labute approximate surface area is 162 Å². The summed E-state index contributed by atoms with van der Waals surface area (Å²) in [5.41, 5.74) is 0.907. The number of nitrogens with zero attached hydrogens (tertiary/aromatic N) is 4. The van der Waals surface area contributed by atoms with Gasteiger partial charge in [0.05, 0.1) is 10.8 Å². The summed E-state index contributed by atoms with van der Waals surface area (Å²) in [6.45, 7) is 2.16. The number of carbonyl (C=O) groups excluding carboxylic acids is 1. The van der Waals surface area contributed by atoms with E-state index in [1.54, 1.807) is 0 Å². The molecule has 140 valence electrons. The predicted molar refractivity (Wildman–Crippen MR) is 105 cm³/mol. The van der Waals surface area contributed by atoms with Crippen LogP contribution in [0.1, 0.15) is 21.5 Å². The zero-order valence-corrected chi connectivity index (χ0v) is 16.2. The van der Waals surface area contributed by atoms with Gasteiger partial charge in [-0.25, -0.2) is 0 Å². The largest absolute Gasteiger partial charge is 0.420 e. The first-order valence-electron chi connectivity index (χ1n) is 8.98. The highest BCUT2D eigenvalue weighted by Gasteiger charge is 2.40. The normalized spacial score (nSPS) is 19.7. The van der Waals surface area contributed by atoms with Crippen LogP contribution >= 0.6 is 11.3 Å². The second-order valence-electron chi connectivity index (χ2n) is 7.13.